The summed E-state index contributed by atoms with van der Waals surface area (Å²) in [4.78, 5) is 89.8. The molecule has 2 saturated carbocycles. The second-order valence-corrected chi connectivity index (χ2v) is 30.5. The van der Waals surface area contributed by atoms with Gasteiger partial charge in [-0.15, -0.1) is 0 Å². The summed E-state index contributed by atoms with van der Waals surface area (Å²) in [5.74, 6) is 3.51. The highest BCUT2D eigenvalue weighted by Crippen LogP contribution is 2.42. The number of benzene rings is 3. The first kappa shape index (κ1) is 89.3. The van der Waals surface area contributed by atoms with Gasteiger partial charge in [-0.05, 0) is 135 Å². The zero-order chi connectivity index (χ0) is 80.7. The third kappa shape index (κ3) is 26.6. The van der Waals surface area contributed by atoms with Crippen molar-refractivity contribution in [1.82, 2.24) is 61.2 Å². The Morgan fingerprint density at radius 1 is 0.436 bits per heavy atom. The van der Waals surface area contributed by atoms with Crippen molar-refractivity contribution in [3.05, 3.63) is 89.9 Å². The van der Waals surface area contributed by atoms with Crippen LogP contribution in [0.3, 0.4) is 0 Å². The summed E-state index contributed by atoms with van der Waals surface area (Å²) in [5, 5.41) is 31.8. The predicted octanol–water partition coefficient (Wildman–Crippen LogP) is 13.5. The number of carbonyl (C=O) groups excluding carboxylic acids is 7. The van der Waals surface area contributed by atoms with E-state index in [0.29, 0.717) is 120 Å². The highest BCUT2D eigenvalue weighted by atomic mass is 16.5. The largest absolute Gasteiger partial charge is 0.496 e. The molecule has 6 amide bonds. The molecule has 0 saturated heterocycles. The minimum atomic E-state index is -0.841. The molecule has 26 heteroatoms. The van der Waals surface area contributed by atoms with Crippen LogP contribution in [-0.2, 0) is 43.5 Å². The average Bonchev–Trinajstić information content (AvgIpc) is 1.63. The Morgan fingerprint density at radius 2 is 0.773 bits per heavy atom. The zero-order valence-corrected chi connectivity index (χ0v) is 68.8. The average molecular weight is 1530 g/mol. The fourth-order valence-electron chi connectivity index (χ4n) is 14.0. The molecule has 0 radical (unpaired) electrons. The first-order valence-corrected chi connectivity index (χ1v) is 39.4. The van der Waals surface area contributed by atoms with Crippen molar-refractivity contribution in [3.63, 3.8) is 0 Å². The maximum absolute atomic E-state index is 13.5. The monoisotopic (exact) mass is 1530 g/mol. The first-order chi connectivity index (χ1) is 52.6. The van der Waals surface area contributed by atoms with E-state index in [-0.39, 0.29) is 84.7 Å². The van der Waals surface area contributed by atoms with Crippen LogP contribution in [0.25, 0.3) is 33.8 Å². The number of nitrogens with zero attached hydrogens (tertiary/aromatic N) is 6. The Bertz CT molecular complexity index is 3850. The van der Waals surface area contributed by atoms with Crippen LogP contribution in [0.5, 0.6) is 34.5 Å². The number of rotatable bonds is 39. The lowest BCUT2D eigenvalue weighted by molar-refractivity contribution is -0.141. The van der Waals surface area contributed by atoms with E-state index < -0.39 is 23.8 Å². The van der Waals surface area contributed by atoms with Gasteiger partial charge in [-0.3, -0.25) is 47.6 Å². The Kier molecular flexibility index (Phi) is 36.4. The number of hydrogen-bond donors (Lipinski definition) is 6. The first-order valence-electron chi connectivity index (χ1n) is 39.4. The van der Waals surface area contributed by atoms with E-state index in [1.165, 1.54) is 7.11 Å². The van der Waals surface area contributed by atoms with Crippen molar-refractivity contribution < 1.29 is 66.7 Å². The van der Waals surface area contributed by atoms with Gasteiger partial charge < -0.3 is 65.1 Å². The van der Waals surface area contributed by atoms with Gasteiger partial charge in [-0.2, -0.15) is 15.3 Å². The Labute approximate surface area is 652 Å². The van der Waals surface area contributed by atoms with Crippen molar-refractivity contribution in [1.29, 1.82) is 0 Å². The molecule has 3 aromatic carbocycles. The molecule has 0 bridgehead atoms. The molecule has 0 spiro atoms. The van der Waals surface area contributed by atoms with Gasteiger partial charge in [0.15, 0.2) is 17.1 Å². The van der Waals surface area contributed by atoms with E-state index in [0.717, 1.165) is 93.1 Å². The molecule has 0 aliphatic heterocycles. The minimum Gasteiger partial charge on any atom is -0.496 e. The topological polar surface area (TPSA) is 310 Å². The van der Waals surface area contributed by atoms with Crippen molar-refractivity contribution in [2.24, 2.45) is 35.5 Å². The normalized spacial score (nSPS) is 14.0. The van der Waals surface area contributed by atoms with Crippen molar-refractivity contribution in [3.8, 4) is 68.3 Å². The molecule has 2 aliphatic rings. The number of nitrogens with one attached hydrogen (secondary N) is 6. The Morgan fingerprint density at radius 3 is 1.08 bits per heavy atom. The van der Waals surface area contributed by atoms with Crippen LogP contribution in [0.15, 0.2) is 72.8 Å². The molecule has 1 unspecified atom stereocenters. The molecular weight excluding hydrogens is 1400 g/mol. The standard InChI is InChI=1S/C30H46N4O4.C29H44N4O4.C25H36N4O6/c1-7-21(8-2)19-34-25(29-26(37-5)14-11-15-27(29)38-6)18-24(33-34)30(36)32-23(16-20(3)4)17-28(35)31-22-12-9-10-13-22;1-7-20(4)18-33-24(28-25(36-5)13-10-14-26(28)37-6)17-23(32-33)29(35)31-22(15-19(2)3)16-27(34)30-21-11-8-9-12-21;1-15(2)11-17(24(31)26-13-22(30)35-7)27-25(32)18-12-19(29(28-18)14-16(3)4)23-20(33-5)9-8-10-21(23)34-6/h11,14-15,18,20-23H,7-10,12-13,16-17,19H2,1-6H3,(H,31,35)(H,32,36);10,13-14,17,19-22H,7-9,11-12,15-16,18H2,1-6H3,(H,30,34)(H,31,35);8-10,12,15-17H,11,13-14H2,1-7H3,(H,26,31)(H,27,32)/t23-;20?,22-;17-/m000/s1. The highest BCUT2D eigenvalue weighted by Gasteiger charge is 2.31. The van der Waals surface area contributed by atoms with Crippen LogP contribution in [-0.4, -0.2) is 157 Å². The maximum Gasteiger partial charge on any atom is 0.325 e. The molecule has 3 aromatic heterocycles. The lowest BCUT2D eigenvalue weighted by atomic mass is 10.00. The van der Waals surface area contributed by atoms with E-state index in [4.69, 9.17) is 38.6 Å². The lowest BCUT2D eigenvalue weighted by Gasteiger charge is -2.21. The van der Waals surface area contributed by atoms with Gasteiger partial charge in [0.25, 0.3) is 17.7 Å². The van der Waals surface area contributed by atoms with Gasteiger partial charge in [0, 0.05) is 56.6 Å². The molecule has 8 rings (SSSR count). The predicted molar refractivity (Wildman–Crippen MR) is 428 cm³/mol. The molecule has 2 fully saturated rings. The van der Waals surface area contributed by atoms with E-state index in [9.17, 15) is 33.6 Å². The summed E-state index contributed by atoms with van der Waals surface area (Å²) >= 11 is 0. The van der Waals surface area contributed by atoms with Crippen LogP contribution in [0.1, 0.15) is 217 Å². The highest BCUT2D eigenvalue weighted by molar-refractivity contribution is 5.98. The smallest absolute Gasteiger partial charge is 0.325 e. The summed E-state index contributed by atoms with van der Waals surface area (Å²) in [7, 11) is 10.9. The van der Waals surface area contributed by atoms with Gasteiger partial charge in [-0.25, -0.2) is 0 Å². The Balaban J connectivity index is 0.000000258. The van der Waals surface area contributed by atoms with Crippen LogP contribution in [0.4, 0.5) is 0 Å². The lowest BCUT2D eigenvalue weighted by Crippen LogP contribution is -2.48. The van der Waals surface area contributed by atoms with E-state index in [1.807, 2.05) is 83.9 Å². The molecule has 606 valence electrons. The third-order valence-electron chi connectivity index (χ3n) is 19.8. The molecule has 2 aliphatic carbocycles. The molecule has 6 N–H and O–H groups in total. The SMILES string of the molecule is CCC(C)Cn1nc(C(=O)N[C@H](CC(=O)NC2CCCC2)CC(C)C)cc1-c1c(OC)cccc1OC.CCC(CC)Cn1nc(C(=O)N[C@H](CC(=O)NC2CCCC2)CC(C)C)cc1-c1c(OC)cccc1OC.COC(=O)CNC(=O)[C@H](CC(C)C)NC(=O)c1cc(-c2c(OC)cccc2OC)n(CC(C)C)n1. The fourth-order valence-corrected chi connectivity index (χ4v) is 14.0. The van der Waals surface area contributed by atoms with E-state index >= 15 is 0 Å². The van der Waals surface area contributed by atoms with Gasteiger partial charge in [-0.1, -0.05) is 146 Å². The van der Waals surface area contributed by atoms with Crippen LogP contribution < -0.4 is 60.3 Å². The van der Waals surface area contributed by atoms with Gasteiger partial charge in [0.2, 0.25) is 17.7 Å². The van der Waals surface area contributed by atoms with E-state index in [1.54, 1.807) is 59.5 Å². The van der Waals surface area contributed by atoms with Gasteiger partial charge >= 0.3 is 5.97 Å². The third-order valence-corrected chi connectivity index (χ3v) is 19.8. The zero-order valence-electron chi connectivity index (χ0n) is 68.8. The van der Waals surface area contributed by atoms with Crippen molar-refractivity contribution in [2.45, 2.75) is 236 Å². The molecule has 3 heterocycles. The molecule has 4 atom stereocenters. The van der Waals surface area contributed by atoms with Crippen LogP contribution in [0.2, 0.25) is 0 Å². The molecule has 110 heavy (non-hydrogen) atoms. The van der Waals surface area contributed by atoms with Gasteiger partial charge in [0.05, 0.1) is 83.5 Å². The van der Waals surface area contributed by atoms with Crippen molar-refractivity contribution >= 4 is 41.4 Å². The summed E-state index contributed by atoms with van der Waals surface area (Å²) < 4.78 is 43.8. The molecule has 26 nitrogen and oxygen atoms in total. The summed E-state index contributed by atoms with van der Waals surface area (Å²) in [6.07, 6.45) is 14.1. The fraction of sp³-hybridized carbons (Fsp3) is 0.595. The molecular formula is C84H126N12O14. The minimum absolute atomic E-state index is 0.000373. The number of carbonyl (C=O) groups is 7. The number of esters is 1. The molecule has 6 aromatic rings. The van der Waals surface area contributed by atoms with Crippen LogP contribution in [0, 0.1) is 35.5 Å². The number of methoxy groups -OCH3 is 7. The number of amides is 6. The van der Waals surface area contributed by atoms with E-state index in [2.05, 4.69) is 111 Å². The Hall–Kier alpha value is -9.62. The number of hydrogen-bond acceptors (Lipinski definition) is 17. The van der Waals surface area contributed by atoms with Crippen LogP contribution >= 0.6 is 0 Å². The second-order valence-electron chi connectivity index (χ2n) is 30.5. The quantitative estimate of drug-likeness (QED) is 0.0195. The second kappa shape index (κ2) is 44.9. The summed E-state index contributed by atoms with van der Waals surface area (Å²) in [6.45, 7) is 26.6. The summed E-state index contributed by atoms with van der Waals surface area (Å²) in [5.41, 5.74) is 5.20. The summed E-state index contributed by atoms with van der Waals surface area (Å²) in [6, 6.07) is 21.1. The number of aromatic nitrogens is 6. The maximum atomic E-state index is 13.5. The number of ether oxygens (including phenoxy) is 7. The van der Waals surface area contributed by atoms with Gasteiger partial charge in [0.1, 0.15) is 47.1 Å². The van der Waals surface area contributed by atoms with Crippen molar-refractivity contribution in [2.75, 3.05) is 56.3 Å².